The van der Waals surface area contributed by atoms with Crippen molar-refractivity contribution in [2.75, 3.05) is 5.32 Å². The van der Waals surface area contributed by atoms with E-state index in [4.69, 9.17) is 4.42 Å². The minimum atomic E-state index is -2.45. The van der Waals surface area contributed by atoms with Gasteiger partial charge in [-0.25, -0.2) is 13.2 Å². The van der Waals surface area contributed by atoms with E-state index < -0.39 is 13.0 Å². The molecule has 7 heteroatoms. The molecule has 0 amide bonds. The molecule has 3 rings (SSSR count). The smallest absolute Gasteiger partial charge is 0.257 e. The quantitative estimate of drug-likeness (QED) is 0.741. The molecule has 23 heavy (non-hydrogen) atoms. The average Bonchev–Trinajstić information content (AvgIpc) is 3.14. The zero-order valence-electron chi connectivity index (χ0n) is 12.0. The number of rotatable bonds is 6. The number of hydrogen-bond acceptors (Lipinski definition) is 3. The van der Waals surface area contributed by atoms with Crippen molar-refractivity contribution in [2.45, 2.75) is 19.5 Å². The third kappa shape index (κ3) is 3.74. The van der Waals surface area contributed by atoms with Gasteiger partial charge in [-0.2, -0.15) is 5.10 Å². The van der Waals surface area contributed by atoms with E-state index in [-0.39, 0.29) is 5.82 Å². The summed E-state index contributed by atoms with van der Waals surface area (Å²) in [6.45, 7) is -0.125. The Hall–Kier alpha value is -2.70. The van der Waals surface area contributed by atoms with Gasteiger partial charge in [-0.15, -0.1) is 0 Å². The fourth-order valence-corrected chi connectivity index (χ4v) is 2.16. The third-order valence-electron chi connectivity index (χ3n) is 3.21. The second-order valence-electron chi connectivity index (χ2n) is 4.91. The number of nitrogens with zero attached hydrogens (tertiary/aromatic N) is 2. The molecule has 2 heterocycles. The fourth-order valence-electron chi connectivity index (χ4n) is 2.16. The van der Waals surface area contributed by atoms with Crippen LogP contribution in [0.1, 0.15) is 5.76 Å². The zero-order chi connectivity index (χ0) is 16.2. The number of hydrogen-bond donors (Lipinski definition) is 1. The van der Waals surface area contributed by atoms with Gasteiger partial charge in [-0.05, 0) is 24.3 Å². The van der Waals surface area contributed by atoms with Crippen molar-refractivity contribution in [3.05, 3.63) is 60.2 Å². The topological polar surface area (TPSA) is 43.0 Å². The highest BCUT2D eigenvalue weighted by molar-refractivity contribution is 5.58. The van der Waals surface area contributed by atoms with Gasteiger partial charge in [0.2, 0.25) is 0 Å². The lowest BCUT2D eigenvalue weighted by atomic mass is 10.1. The number of halogens is 3. The molecular formula is C16H14F3N3O. The van der Waals surface area contributed by atoms with Crippen LogP contribution in [0.4, 0.5) is 19.0 Å². The second-order valence-corrected chi connectivity index (χ2v) is 4.91. The Morgan fingerprint density at radius 1 is 1.13 bits per heavy atom. The zero-order valence-corrected chi connectivity index (χ0v) is 12.0. The van der Waals surface area contributed by atoms with Crippen molar-refractivity contribution in [3.8, 4) is 11.3 Å². The van der Waals surface area contributed by atoms with Crippen molar-refractivity contribution < 1.29 is 17.6 Å². The molecule has 0 aliphatic carbocycles. The maximum absolute atomic E-state index is 13.7. The first-order valence-corrected chi connectivity index (χ1v) is 7.01. The van der Waals surface area contributed by atoms with Crippen LogP contribution in [-0.4, -0.2) is 16.2 Å². The molecule has 0 fully saturated rings. The molecule has 0 saturated heterocycles. The van der Waals surface area contributed by atoms with Gasteiger partial charge in [0, 0.05) is 12.3 Å². The number of benzene rings is 1. The van der Waals surface area contributed by atoms with E-state index in [1.807, 2.05) is 0 Å². The van der Waals surface area contributed by atoms with Gasteiger partial charge in [0.15, 0.2) is 0 Å². The molecule has 0 aliphatic heterocycles. The molecule has 0 radical (unpaired) electrons. The summed E-state index contributed by atoms with van der Waals surface area (Å²) in [6, 6.07) is 11.4. The van der Waals surface area contributed by atoms with Gasteiger partial charge in [-0.1, -0.05) is 12.1 Å². The van der Waals surface area contributed by atoms with Crippen molar-refractivity contribution in [1.29, 1.82) is 0 Å². The van der Waals surface area contributed by atoms with E-state index in [0.29, 0.717) is 29.4 Å². The van der Waals surface area contributed by atoms with Crippen LogP contribution in [0.2, 0.25) is 0 Å². The first-order valence-electron chi connectivity index (χ1n) is 7.01. The second kappa shape index (κ2) is 6.60. The highest BCUT2D eigenvalue weighted by Gasteiger charge is 2.10. The van der Waals surface area contributed by atoms with Crippen LogP contribution in [0, 0.1) is 5.82 Å². The first-order chi connectivity index (χ1) is 11.1. The lowest BCUT2D eigenvalue weighted by Crippen LogP contribution is -2.07. The Kier molecular flexibility index (Phi) is 4.36. The summed E-state index contributed by atoms with van der Waals surface area (Å²) in [5.74, 6) is 1.14. The van der Waals surface area contributed by atoms with Crippen molar-refractivity contribution in [1.82, 2.24) is 9.78 Å². The summed E-state index contributed by atoms with van der Waals surface area (Å²) in [5, 5.41) is 6.94. The minimum Gasteiger partial charge on any atom is -0.459 e. The maximum atomic E-state index is 13.7. The van der Waals surface area contributed by atoms with E-state index in [2.05, 4.69) is 10.4 Å². The molecule has 3 aromatic rings. The van der Waals surface area contributed by atoms with Gasteiger partial charge in [0.05, 0.1) is 12.1 Å². The van der Waals surface area contributed by atoms with E-state index in [9.17, 15) is 13.2 Å². The van der Waals surface area contributed by atoms with Crippen LogP contribution in [0.3, 0.4) is 0 Å². The van der Waals surface area contributed by atoms with Crippen molar-refractivity contribution in [3.63, 3.8) is 0 Å². The number of alkyl halides is 2. The normalized spacial score (nSPS) is 11.1. The van der Waals surface area contributed by atoms with Crippen molar-refractivity contribution in [2.24, 2.45) is 0 Å². The molecule has 2 aromatic heterocycles. The van der Waals surface area contributed by atoms with Gasteiger partial charge < -0.3 is 9.73 Å². The SMILES string of the molecule is Fc1ccccc1-c1ccc(CNc2ccn(CC(F)F)n2)o1. The number of aromatic nitrogens is 2. The molecular weight excluding hydrogens is 307 g/mol. The molecule has 1 aromatic carbocycles. The molecule has 0 bridgehead atoms. The number of furan rings is 1. The van der Waals surface area contributed by atoms with Gasteiger partial charge in [0.25, 0.3) is 6.43 Å². The van der Waals surface area contributed by atoms with Crippen LogP contribution in [0.15, 0.2) is 53.1 Å². The lowest BCUT2D eigenvalue weighted by Gasteiger charge is -2.02. The lowest BCUT2D eigenvalue weighted by molar-refractivity contribution is 0.122. The monoisotopic (exact) mass is 321 g/mol. The fraction of sp³-hybridized carbons (Fsp3) is 0.188. The Bertz CT molecular complexity index is 782. The van der Waals surface area contributed by atoms with E-state index >= 15 is 0 Å². The summed E-state index contributed by atoms with van der Waals surface area (Å²) in [5.41, 5.74) is 0.389. The highest BCUT2D eigenvalue weighted by atomic mass is 19.3. The average molecular weight is 321 g/mol. The summed E-state index contributed by atoms with van der Waals surface area (Å²) in [7, 11) is 0. The van der Waals surface area contributed by atoms with Gasteiger partial charge in [0.1, 0.15) is 29.7 Å². The summed E-state index contributed by atoms with van der Waals surface area (Å²) >= 11 is 0. The Labute approximate surface area is 130 Å². The molecule has 0 unspecified atom stereocenters. The molecule has 0 spiro atoms. The van der Waals surface area contributed by atoms with E-state index in [1.165, 1.54) is 16.9 Å². The van der Waals surface area contributed by atoms with Crippen LogP contribution < -0.4 is 5.32 Å². The summed E-state index contributed by atoms with van der Waals surface area (Å²) in [6.07, 6.45) is -0.974. The summed E-state index contributed by atoms with van der Waals surface area (Å²) < 4.78 is 44.9. The number of anilines is 1. The third-order valence-corrected chi connectivity index (χ3v) is 3.21. The van der Waals surface area contributed by atoms with E-state index in [0.717, 1.165) is 0 Å². The minimum absolute atomic E-state index is 0.320. The number of nitrogens with one attached hydrogen (secondary N) is 1. The van der Waals surface area contributed by atoms with Crippen LogP contribution in [-0.2, 0) is 13.1 Å². The molecule has 0 saturated carbocycles. The van der Waals surface area contributed by atoms with Crippen molar-refractivity contribution >= 4 is 5.82 Å². The van der Waals surface area contributed by atoms with Crippen LogP contribution in [0.25, 0.3) is 11.3 Å². The van der Waals surface area contributed by atoms with E-state index in [1.54, 1.807) is 36.4 Å². The predicted octanol–water partition coefficient (Wildman–Crippen LogP) is 4.16. The maximum Gasteiger partial charge on any atom is 0.257 e. The largest absolute Gasteiger partial charge is 0.459 e. The molecule has 120 valence electrons. The van der Waals surface area contributed by atoms with Gasteiger partial charge >= 0.3 is 0 Å². The Morgan fingerprint density at radius 2 is 1.96 bits per heavy atom. The van der Waals surface area contributed by atoms with Crippen LogP contribution >= 0.6 is 0 Å². The molecule has 0 atom stereocenters. The standard InChI is InChI=1S/C16H14F3N3O/c17-13-4-2-1-3-12(13)14-6-5-11(23-14)9-20-16-7-8-22(21-16)10-15(18)19/h1-8,15H,9-10H2,(H,20,21). The summed E-state index contributed by atoms with van der Waals surface area (Å²) in [4.78, 5) is 0. The Balaban J connectivity index is 1.63. The Morgan fingerprint density at radius 3 is 2.74 bits per heavy atom. The first kappa shape index (κ1) is 15.2. The highest BCUT2D eigenvalue weighted by Crippen LogP contribution is 2.25. The molecule has 4 nitrogen and oxygen atoms in total. The van der Waals surface area contributed by atoms with Gasteiger partial charge in [-0.3, -0.25) is 4.68 Å². The molecule has 1 N–H and O–H groups in total. The van der Waals surface area contributed by atoms with Crippen LogP contribution in [0.5, 0.6) is 0 Å². The predicted molar refractivity (Wildman–Crippen MR) is 79.7 cm³/mol. The molecule has 0 aliphatic rings.